The highest BCUT2D eigenvalue weighted by Crippen LogP contribution is 2.26. The molecule has 0 saturated carbocycles. The lowest BCUT2D eigenvalue weighted by Gasteiger charge is -2.07. The van der Waals surface area contributed by atoms with Crippen LogP contribution in [0.5, 0.6) is 0 Å². The summed E-state index contributed by atoms with van der Waals surface area (Å²) in [5, 5.41) is 9.11. The van der Waals surface area contributed by atoms with Crippen LogP contribution in [0.1, 0.15) is 15.2 Å². The van der Waals surface area contributed by atoms with Crippen LogP contribution in [0.2, 0.25) is 0 Å². The Morgan fingerprint density at radius 2 is 2.15 bits per heavy atom. The maximum absolute atomic E-state index is 12.2. The van der Waals surface area contributed by atoms with E-state index >= 15 is 0 Å². The molecule has 2 rings (SSSR count). The lowest BCUT2D eigenvalue weighted by Crippen LogP contribution is -2.13. The minimum Gasteiger partial charge on any atom is -0.478 e. The van der Waals surface area contributed by atoms with E-state index in [0.29, 0.717) is 0 Å². The highest BCUT2D eigenvalue weighted by atomic mass is 79.9. The first-order valence-electron chi connectivity index (χ1n) is 5.28. The van der Waals surface area contributed by atoms with Crippen molar-refractivity contribution in [1.29, 1.82) is 0 Å². The average Bonchev–Trinajstić information content (AvgIpc) is 2.73. The Labute approximate surface area is 127 Å². The summed E-state index contributed by atoms with van der Waals surface area (Å²) in [6, 6.07) is 3.70. The first-order valence-corrected chi connectivity index (χ1v) is 8.37. The van der Waals surface area contributed by atoms with E-state index in [0.717, 1.165) is 4.88 Å². The van der Waals surface area contributed by atoms with Gasteiger partial charge in [-0.3, -0.25) is 4.72 Å². The Morgan fingerprint density at radius 1 is 1.45 bits per heavy atom. The van der Waals surface area contributed by atoms with E-state index < -0.39 is 16.0 Å². The van der Waals surface area contributed by atoms with Gasteiger partial charge in [-0.15, -0.1) is 11.3 Å². The van der Waals surface area contributed by atoms with Gasteiger partial charge >= 0.3 is 5.97 Å². The number of carboxylic acid groups (broad SMARTS) is 1. The van der Waals surface area contributed by atoms with Gasteiger partial charge in [-0.25, -0.2) is 18.2 Å². The summed E-state index contributed by atoms with van der Waals surface area (Å²) >= 11 is 4.28. The zero-order chi connectivity index (χ0) is 14.9. The number of aryl methyl sites for hydroxylation is 1. The number of thiazole rings is 1. The number of rotatable bonds is 4. The SMILES string of the molecule is Cc1cnc(NS(=O)(=O)c2ccc(C(=O)O)cc2Br)s1. The second-order valence-corrected chi connectivity index (χ2v) is 7.57. The van der Waals surface area contributed by atoms with Gasteiger partial charge in [0.25, 0.3) is 10.0 Å². The molecule has 0 atom stereocenters. The van der Waals surface area contributed by atoms with Crippen molar-refractivity contribution in [3.05, 3.63) is 39.3 Å². The third-order valence-corrected chi connectivity index (χ3v) is 5.58. The van der Waals surface area contributed by atoms with Gasteiger partial charge in [0.05, 0.1) is 5.56 Å². The van der Waals surface area contributed by atoms with E-state index in [1.807, 2.05) is 6.92 Å². The predicted octanol–water partition coefficient (Wildman–Crippen LogP) is 2.71. The van der Waals surface area contributed by atoms with Gasteiger partial charge in [-0.1, -0.05) is 0 Å². The molecule has 1 heterocycles. The highest BCUT2D eigenvalue weighted by Gasteiger charge is 2.20. The van der Waals surface area contributed by atoms with Gasteiger partial charge < -0.3 is 5.11 Å². The number of nitrogens with zero attached hydrogens (tertiary/aromatic N) is 1. The number of hydrogen-bond acceptors (Lipinski definition) is 5. The van der Waals surface area contributed by atoms with Gasteiger partial charge in [0.15, 0.2) is 5.13 Å². The summed E-state index contributed by atoms with van der Waals surface area (Å²) in [5.74, 6) is -1.13. The normalized spacial score (nSPS) is 11.3. The summed E-state index contributed by atoms with van der Waals surface area (Å²) in [7, 11) is -3.82. The van der Waals surface area contributed by atoms with E-state index in [9.17, 15) is 13.2 Å². The summed E-state index contributed by atoms with van der Waals surface area (Å²) in [4.78, 5) is 15.6. The molecule has 0 radical (unpaired) electrons. The van der Waals surface area contributed by atoms with Crippen LogP contribution in [0.3, 0.4) is 0 Å². The topological polar surface area (TPSA) is 96.4 Å². The van der Waals surface area contributed by atoms with Gasteiger partial charge in [-0.2, -0.15) is 0 Å². The molecule has 0 fully saturated rings. The molecule has 9 heteroatoms. The standard InChI is InChI=1S/C11H9BrN2O4S2/c1-6-5-13-11(19-6)14-20(17,18)9-3-2-7(10(15)16)4-8(9)12/h2-5H,1H3,(H,13,14)(H,15,16). The largest absolute Gasteiger partial charge is 0.478 e. The van der Waals surface area contributed by atoms with Crippen LogP contribution < -0.4 is 4.72 Å². The molecule has 0 aliphatic rings. The Balaban J connectivity index is 2.37. The number of carboxylic acids is 1. The van der Waals surface area contributed by atoms with Gasteiger partial charge in [-0.05, 0) is 41.1 Å². The number of benzene rings is 1. The fourth-order valence-electron chi connectivity index (χ4n) is 1.42. The zero-order valence-electron chi connectivity index (χ0n) is 10.1. The third-order valence-electron chi connectivity index (χ3n) is 2.31. The van der Waals surface area contributed by atoms with E-state index in [2.05, 4.69) is 25.6 Å². The van der Waals surface area contributed by atoms with Gasteiger partial charge in [0, 0.05) is 15.5 Å². The molecular formula is C11H9BrN2O4S2. The Kier molecular flexibility index (Phi) is 4.11. The Morgan fingerprint density at radius 3 is 2.65 bits per heavy atom. The van der Waals surface area contributed by atoms with Crippen LogP contribution in [0, 0.1) is 6.92 Å². The Bertz CT molecular complexity index is 770. The molecule has 20 heavy (non-hydrogen) atoms. The number of halogens is 1. The summed E-state index contributed by atoms with van der Waals surface area (Å²) < 4.78 is 26.9. The van der Waals surface area contributed by atoms with E-state index in [1.165, 1.54) is 29.5 Å². The maximum Gasteiger partial charge on any atom is 0.335 e. The number of aromatic carboxylic acids is 1. The lowest BCUT2D eigenvalue weighted by atomic mass is 10.2. The monoisotopic (exact) mass is 376 g/mol. The first-order chi connectivity index (χ1) is 9.29. The average molecular weight is 377 g/mol. The number of sulfonamides is 1. The second-order valence-electron chi connectivity index (χ2n) is 3.83. The lowest BCUT2D eigenvalue weighted by molar-refractivity contribution is 0.0696. The van der Waals surface area contributed by atoms with Gasteiger partial charge in [0.2, 0.25) is 0 Å². The minimum absolute atomic E-state index is 0.000850. The summed E-state index contributed by atoms with van der Waals surface area (Å²) in [5.41, 5.74) is 0.000850. The quantitative estimate of drug-likeness (QED) is 0.854. The van der Waals surface area contributed by atoms with Crippen LogP contribution >= 0.6 is 27.3 Å². The fourth-order valence-corrected chi connectivity index (χ4v) is 4.41. The highest BCUT2D eigenvalue weighted by molar-refractivity contribution is 9.10. The van der Waals surface area contributed by atoms with E-state index in [1.54, 1.807) is 6.20 Å². The van der Waals surface area contributed by atoms with Crippen LogP contribution in [0.25, 0.3) is 0 Å². The van der Waals surface area contributed by atoms with Crippen LogP contribution in [-0.4, -0.2) is 24.5 Å². The van der Waals surface area contributed by atoms with Crippen molar-refractivity contribution in [3.8, 4) is 0 Å². The van der Waals surface area contributed by atoms with Gasteiger partial charge in [0.1, 0.15) is 4.90 Å². The molecule has 1 aromatic heterocycles. The first kappa shape index (κ1) is 14.9. The van der Waals surface area contributed by atoms with Crippen molar-refractivity contribution >= 4 is 48.4 Å². The molecule has 0 amide bonds. The van der Waals surface area contributed by atoms with Crippen LogP contribution in [0.4, 0.5) is 5.13 Å². The zero-order valence-corrected chi connectivity index (χ0v) is 13.3. The van der Waals surface area contributed by atoms with Crippen molar-refractivity contribution in [2.24, 2.45) is 0 Å². The molecule has 0 saturated heterocycles. The maximum atomic E-state index is 12.2. The van der Waals surface area contributed by atoms with E-state index in [-0.39, 0.29) is 20.1 Å². The molecule has 0 unspecified atom stereocenters. The number of nitrogens with one attached hydrogen (secondary N) is 1. The van der Waals surface area contributed by atoms with Crippen molar-refractivity contribution in [2.75, 3.05) is 4.72 Å². The number of carbonyl (C=O) groups is 1. The number of hydrogen-bond donors (Lipinski definition) is 2. The molecular weight excluding hydrogens is 368 g/mol. The molecule has 0 bridgehead atoms. The number of aromatic nitrogens is 1. The van der Waals surface area contributed by atoms with Crippen molar-refractivity contribution in [3.63, 3.8) is 0 Å². The van der Waals surface area contributed by atoms with Crippen molar-refractivity contribution in [2.45, 2.75) is 11.8 Å². The van der Waals surface area contributed by atoms with E-state index in [4.69, 9.17) is 5.11 Å². The molecule has 2 aromatic rings. The van der Waals surface area contributed by atoms with Crippen LogP contribution in [-0.2, 0) is 10.0 Å². The summed E-state index contributed by atoms with van der Waals surface area (Å²) in [6.07, 6.45) is 1.56. The molecule has 0 aliphatic heterocycles. The smallest absolute Gasteiger partial charge is 0.335 e. The van der Waals surface area contributed by atoms with Crippen molar-refractivity contribution in [1.82, 2.24) is 4.98 Å². The molecule has 1 aromatic carbocycles. The number of anilines is 1. The molecule has 6 nitrogen and oxygen atoms in total. The summed E-state index contributed by atoms with van der Waals surface area (Å²) in [6.45, 7) is 1.81. The third kappa shape index (κ3) is 3.17. The minimum atomic E-state index is -3.82. The van der Waals surface area contributed by atoms with Crippen LogP contribution in [0.15, 0.2) is 33.8 Å². The molecule has 2 N–H and O–H groups in total. The molecule has 0 aliphatic carbocycles. The molecule has 106 valence electrons. The Hall–Kier alpha value is -1.45. The second kappa shape index (κ2) is 5.51. The fraction of sp³-hybridized carbons (Fsp3) is 0.0909. The predicted molar refractivity (Wildman–Crippen MR) is 78.8 cm³/mol. The molecule has 0 spiro atoms. The van der Waals surface area contributed by atoms with Crippen molar-refractivity contribution < 1.29 is 18.3 Å².